The summed E-state index contributed by atoms with van der Waals surface area (Å²) in [6.45, 7) is 0.378. The van der Waals surface area contributed by atoms with Crippen LogP contribution in [-0.4, -0.2) is 12.3 Å². The van der Waals surface area contributed by atoms with Gasteiger partial charge in [-0.05, 0) is 40.7 Å². The number of rotatable bonds is 3. The van der Waals surface area contributed by atoms with Crippen LogP contribution in [-0.2, 0) is 0 Å². The van der Waals surface area contributed by atoms with Gasteiger partial charge in [-0.15, -0.1) is 0 Å². The Morgan fingerprint density at radius 1 is 1.47 bits per heavy atom. The fourth-order valence-corrected chi connectivity index (χ4v) is 1.85. The van der Waals surface area contributed by atoms with Crippen molar-refractivity contribution in [2.45, 2.75) is 6.42 Å². The Morgan fingerprint density at radius 2 is 2.27 bits per heavy atom. The van der Waals surface area contributed by atoms with Gasteiger partial charge >= 0.3 is 0 Å². The molecule has 0 unspecified atom stereocenters. The number of Topliss-reactive ketones (excluding diaryl/α,β-unsaturated/α-hetero) is 1. The van der Waals surface area contributed by atoms with Crippen LogP contribution in [0.2, 0.25) is 0 Å². The lowest BCUT2D eigenvalue weighted by atomic mass is 10.1. The van der Waals surface area contributed by atoms with Crippen molar-refractivity contribution in [2.75, 3.05) is 6.54 Å². The lowest BCUT2D eigenvalue weighted by Crippen LogP contribution is -2.07. The second kappa shape index (κ2) is 4.16. The maximum absolute atomic E-state index is 11.6. The van der Waals surface area contributed by atoms with Gasteiger partial charge in [-0.2, -0.15) is 0 Å². The molecule has 0 atom stereocenters. The largest absolute Gasteiger partial charge is 0.463 e. The average Bonchev–Trinajstić information content (AvgIpc) is 2.60. The number of nitrogens with two attached hydrogens (primary N) is 1. The monoisotopic (exact) mass is 267 g/mol. The summed E-state index contributed by atoms with van der Waals surface area (Å²) < 4.78 is 6.12. The molecule has 0 radical (unpaired) electrons. The van der Waals surface area contributed by atoms with Gasteiger partial charge in [0.2, 0.25) is 0 Å². The minimum absolute atomic E-state index is 0.0625. The Morgan fingerprint density at radius 3 is 3.00 bits per heavy atom. The summed E-state index contributed by atoms with van der Waals surface area (Å²) in [7, 11) is 0. The van der Waals surface area contributed by atoms with Crippen LogP contribution in [0.1, 0.15) is 16.8 Å². The highest BCUT2D eigenvalue weighted by Crippen LogP contribution is 2.27. The molecule has 3 nitrogen and oxygen atoms in total. The normalized spacial score (nSPS) is 10.8. The van der Waals surface area contributed by atoms with Crippen LogP contribution in [0.3, 0.4) is 0 Å². The van der Waals surface area contributed by atoms with Crippen LogP contribution in [0, 0.1) is 0 Å². The van der Waals surface area contributed by atoms with E-state index in [1.165, 1.54) is 0 Å². The van der Waals surface area contributed by atoms with Crippen LogP contribution < -0.4 is 5.73 Å². The molecule has 4 heteroatoms. The molecule has 0 spiro atoms. The standard InChI is InChI=1S/C11H10BrNO2/c12-9-6-15-11-2-1-7(5-8(9)11)10(14)3-4-13/h1-2,5-6H,3-4,13H2. The zero-order valence-corrected chi connectivity index (χ0v) is 9.58. The van der Waals surface area contributed by atoms with E-state index in [2.05, 4.69) is 15.9 Å². The van der Waals surface area contributed by atoms with E-state index in [-0.39, 0.29) is 5.78 Å². The first-order valence-electron chi connectivity index (χ1n) is 4.62. The highest BCUT2D eigenvalue weighted by atomic mass is 79.9. The third-order valence-corrected chi connectivity index (χ3v) is 2.83. The van der Waals surface area contributed by atoms with E-state index in [1.54, 1.807) is 18.4 Å². The molecule has 2 rings (SSSR count). The second-order valence-electron chi connectivity index (χ2n) is 3.26. The van der Waals surface area contributed by atoms with E-state index in [1.807, 2.05) is 6.07 Å². The quantitative estimate of drug-likeness (QED) is 0.871. The molecule has 0 aliphatic rings. The molecule has 1 aromatic heterocycles. The highest BCUT2D eigenvalue weighted by molar-refractivity contribution is 9.10. The third-order valence-electron chi connectivity index (χ3n) is 2.22. The van der Waals surface area contributed by atoms with E-state index >= 15 is 0 Å². The Labute approximate surface area is 95.4 Å². The van der Waals surface area contributed by atoms with Gasteiger partial charge in [0, 0.05) is 17.4 Å². The summed E-state index contributed by atoms with van der Waals surface area (Å²) in [5.74, 6) is 0.0625. The predicted molar refractivity (Wildman–Crippen MR) is 61.9 cm³/mol. The van der Waals surface area contributed by atoms with Gasteiger partial charge in [0.25, 0.3) is 0 Å². The number of fused-ring (bicyclic) bond motifs is 1. The molecular formula is C11H10BrNO2. The van der Waals surface area contributed by atoms with Gasteiger partial charge in [0.15, 0.2) is 5.78 Å². The number of furan rings is 1. The Balaban J connectivity index is 2.45. The molecule has 2 N–H and O–H groups in total. The molecule has 0 saturated carbocycles. The van der Waals surface area contributed by atoms with Gasteiger partial charge in [-0.1, -0.05) is 0 Å². The smallest absolute Gasteiger partial charge is 0.164 e. The first-order chi connectivity index (χ1) is 7.22. The number of carbonyl (C=O) groups excluding carboxylic acids is 1. The van der Waals surface area contributed by atoms with Crippen molar-refractivity contribution in [1.29, 1.82) is 0 Å². The fraction of sp³-hybridized carbons (Fsp3) is 0.182. The lowest BCUT2D eigenvalue weighted by molar-refractivity contribution is 0.0985. The molecule has 0 aliphatic heterocycles. The molecule has 78 valence electrons. The van der Waals surface area contributed by atoms with Crippen molar-refractivity contribution in [1.82, 2.24) is 0 Å². The van der Waals surface area contributed by atoms with Gasteiger partial charge in [-0.3, -0.25) is 4.79 Å². The minimum Gasteiger partial charge on any atom is -0.463 e. The molecule has 0 saturated heterocycles. The van der Waals surface area contributed by atoms with E-state index in [0.29, 0.717) is 18.5 Å². The van der Waals surface area contributed by atoms with E-state index < -0.39 is 0 Å². The number of hydrogen-bond acceptors (Lipinski definition) is 3. The SMILES string of the molecule is NCCC(=O)c1ccc2occ(Br)c2c1. The predicted octanol–water partition coefficient (Wildman–Crippen LogP) is 2.73. The zero-order valence-electron chi connectivity index (χ0n) is 8.00. The number of hydrogen-bond donors (Lipinski definition) is 1. The minimum atomic E-state index is 0.0625. The van der Waals surface area contributed by atoms with Crippen molar-refractivity contribution in [3.63, 3.8) is 0 Å². The Bertz CT molecular complexity index is 504. The van der Waals surface area contributed by atoms with Gasteiger partial charge in [-0.25, -0.2) is 0 Å². The van der Waals surface area contributed by atoms with Crippen molar-refractivity contribution in [3.8, 4) is 0 Å². The Kier molecular flexibility index (Phi) is 2.88. The zero-order chi connectivity index (χ0) is 10.8. The number of carbonyl (C=O) groups is 1. The fourth-order valence-electron chi connectivity index (χ4n) is 1.45. The summed E-state index contributed by atoms with van der Waals surface area (Å²) in [6.07, 6.45) is 1.99. The summed E-state index contributed by atoms with van der Waals surface area (Å²) in [4.78, 5) is 11.6. The molecule has 0 fully saturated rings. The van der Waals surface area contributed by atoms with Crippen LogP contribution in [0.5, 0.6) is 0 Å². The molecule has 1 heterocycles. The van der Waals surface area contributed by atoms with E-state index in [0.717, 1.165) is 15.4 Å². The molecule has 0 amide bonds. The van der Waals surface area contributed by atoms with Crippen LogP contribution in [0.15, 0.2) is 33.4 Å². The summed E-state index contributed by atoms with van der Waals surface area (Å²) in [5.41, 5.74) is 6.79. The summed E-state index contributed by atoms with van der Waals surface area (Å²) >= 11 is 3.36. The van der Waals surface area contributed by atoms with Crippen LogP contribution in [0.4, 0.5) is 0 Å². The van der Waals surface area contributed by atoms with Crippen molar-refractivity contribution in [2.24, 2.45) is 5.73 Å². The molecule has 0 bridgehead atoms. The second-order valence-corrected chi connectivity index (χ2v) is 4.11. The van der Waals surface area contributed by atoms with E-state index in [9.17, 15) is 4.79 Å². The van der Waals surface area contributed by atoms with E-state index in [4.69, 9.17) is 10.2 Å². The van der Waals surface area contributed by atoms with Crippen molar-refractivity contribution in [3.05, 3.63) is 34.5 Å². The van der Waals surface area contributed by atoms with Crippen molar-refractivity contribution >= 4 is 32.7 Å². The van der Waals surface area contributed by atoms with Crippen molar-refractivity contribution < 1.29 is 9.21 Å². The number of halogens is 1. The first kappa shape index (κ1) is 10.4. The van der Waals surface area contributed by atoms with Gasteiger partial charge < -0.3 is 10.2 Å². The maximum Gasteiger partial charge on any atom is 0.164 e. The molecular weight excluding hydrogens is 258 g/mol. The maximum atomic E-state index is 11.6. The summed E-state index contributed by atoms with van der Waals surface area (Å²) in [6, 6.07) is 5.38. The molecule has 1 aromatic carbocycles. The molecule has 15 heavy (non-hydrogen) atoms. The average molecular weight is 268 g/mol. The third kappa shape index (κ3) is 1.96. The first-order valence-corrected chi connectivity index (χ1v) is 5.41. The Hall–Kier alpha value is -1.13. The number of ketones is 1. The topological polar surface area (TPSA) is 56.2 Å². The van der Waals surface area contributed by atoms with Gasteiger partial charge in [0.05, 0.1) is 4.47 Å². The molecule has 0 aliphatic carbocycles. The number of benzene rings is 1. The van der Waals surface area contributed by atoms with Crippen LogP contribution in [0.25, 0.3) is 11.0 Å². The lowest BCUT2D eigenvalue weighted by Gasteiger charge is -1.98. The molecule has 2 aromatic rings. The summed E-state index contributed by atoms with van der Waals surface area (Å²) in [5, 5.41) is 0.915. The highest BCUT2D eigenvalue weighted by Gasteiger charge is 2.08. The van der Waals surface area contributed by atoms with Crippen LogP contribution >= 0.6 is 15.9 Å². The van der Waals surface area contributed by atoms with Gasteiger partial charge in [0.1, 0.15) is 11.8 Å².